The topological polar surface area (TPSA) is 76.2 Å². The van der Waals surface area contributed by atoms with Crippen molar-refractivity contribution < 1.29 is 14.3 Å². The number of fused-ring (bicyclic) bond motifs is 1. The first-order chi connectivity index (χ1) is 11.6. The van der Waals surface area contributed by atoms with Gasteiger partial charge in [0.15, 0.2) is 0 Å². The first kappa shape index (κ1) is 16.9. The molecule has 0 aliphatic carbocycles. The molecule has 1 aliphatic heterocycles. The number of ether oxygens (including phenoxy) is 2. The summed E-state index contributed by atoms with van der Waals surface area (Å²) in [4.78, 5) is 20.2. The summed E-state index contributed by atoms with van der Waals surface area (Å²) >= 11 is 0. The van der Waals surface area contributed by atoms with E-state index in [4.69, 9.17) is 9.47 Å². The molecule has 2 heterocycles. The Kier molecular flexibility index (Phi) is 5.16. The maximum Gasteiger partial charge on any atom is 0.220 e. The second kappa shape index (κ2) is 7.32. The highest BCUT2D eigenvalue weighted by molar-refractivity contribution is 5.80. The summed E-state index contributed by atoms with van der Waals surface area (Å²) in [6.07, 6.45) is 1.72. The lowest BCUT2D eigenvalue weighted by Crippen LogP contribution is -2.49. The Balaban J connectivity index is 1.59. The summed E-state index contributed by atoms with van der Waals surface area (Å²) < 4.78 is 10.8. The number of rotatable bonds is 5. The summed E-state index contributed by atoms with van der Waals surface area (Å²) in [7, 11) is 1.65. The number of imidazole rings is 1. The van der Waals surface area contributed by atoms with E-state index < -0.39 is 0 Å². The molecular weight excluding hydrogens is 306 g/mol. The molecule has 0 saturated carbocycles. The number of amides is 1. The number of nitrogens with one attached hydrogen (secondary N) is 2. The zero-order valence-corrected chi connectivity index (χ0v) is 14.5. The lowest BCUT2D eigenvalue weighted by atomic mass is 10.1. The quantitative estimate of drug-likeness (QED) is 0.879. The molecule has 2 N–H and O–H groups in total. The predicted molar refractivity (Wildman–Crippen MR) is 92.1 cm³/mol. The Morgan fingerprint density at radius 2 is 2.29 bits per heavy atom. The Morgan fingerprint density at radius 3 is 3.08 bits per heavy atom. The second-order valence-corrected chi connectivity index (χ2v) is 6.40. The zero-order chi connectivity index (χ0) is 17.1. The van der Waals surface area contributed by atoms with Gasteiger partial charge in [-0.15, -0.1) is 0 Å². The van der Waals surface area contributed by atoms with Crippen LogP contribution >= 0.6 is 0 Å². The van der Waals surface area contributed by atoms with E-state index >= 15 is 0 Å². The molecule has 1 amide bonds. The van der Waals surface area contributed by atoms with Crippen LogP contribution in [0.2, 0.25) is 0 Å². The van der Waals surface area contributed by atoms with Gasteiger partial charge in [-0.25, -0.2) is 4.98 Å². The van der Waals surface area contributed by atoms with Crippen molar-refractivity contribution in [2.75, 3.05) is 20.3 Å². The van der Waals surface area contributed by atoms with E-state index in [-0.39, 0.29) is 18.1 Å². The lowest BCUT2D eigenvalue weighted by molar-refractivity contribution is -0.125. The fraction of sp³-hybridized carbons (Fsp3) is 0.556. The van der Waals surface area contributed by atoms with Gasteiger partial charge in [0.2, 0.25) is 5.91 Å². The summed E-state index contributed by atoms with van der Waals surface area (Å²) in [6.45, 7) is 5.35. The standard InChI is InChI=1S/C18H25N3O3/c1-11-4-5-14-18(12(11)2)21-16(19-14)6-7-17(22)20-13-8-9-24-10-15(13)23-3/h4-5,13,15H,6-10H2,1-3H3,(H,19,21)(H,20,22)/t13-,15-/m1/s1. The SMILES string of the molecule is CO[C@@H]1COCC[C@H]1NC(=O)CCc1nc2c(C)c(C)ccc2[nH]1. The fourth-order valence-electron chi connectivity index (χ4n) is 3.10. The van der Waals surface area contributed by atoms with Crippen LogP contribution in [-0.2, 0) is 20.7 Å². The highest BCUT2D eigenvalue weighted by atomic mass is 16.5. The van der Waals surface area contributed by atoms with Crippen LogP contribution in [-0.4, -0.2) is 48.3 Å². The summed E-state index contributed by atoms with van der Waals surface area (Å²) in [5, 5.41) is 3.06. The van der Waals surface area contributed by atoms with Gasteiger partial charge >= 0.3 is 0 Å². The van der Waals surface area contributed by atoms with E-state index in [2.05, 4.69) is 35.2 Å². The van der Waals surface area contributed by atoms with Gasteiger partial charge in [-0.3, -0.25) is 4.79 Å². The number of aromatic nitrogens is 2. The molecule has 0 bridgehead atoms. The van der Waals surface area contributed by atoms with Gasteiger partial charge in [0.05, 0.1) is 23.7 Å². The van der Waals surface area contributed by atoms with Crippen LogP contribution in [0.3, 0.4) is 0 Å². The lowest BCUT2D eigenvalue weighted by Gasteiger charge is -2.31. The molecule has 6 heteroatoms. The normalized spacial score (nSPS) is 21.1. The van der Waals surface area contributed by atoms with Gasteiger partial charge in [0.25, 0.3) is 0 Å². The van der Waals surface area contributed by atoms with Gasteiger partial charge < -0.3 is 19.8 Å². The molecule has 0 spiro atoms. The Labute approximate surface area is 141 Å². The molecule has 6 nitrogen and oxygen atoms in total. The molecule has 1 aliphatic rings. The number of hydrogen-bond acceptors (Lipinski definition) is 4. The molecule has 1 aromatic carbocycles. The van der Waals surface area contributed by atoms with Crippen molar-refractivity contribution >= 4 is 16.9 Å². The van der Waals surface area contributed by atoms with Crippen molar-refractivity contribution in [3.63, 3.8) is 0 Å². The number of hydrogen-bond donors (Lipinski definition) is 2. The number of aromatic amines is 1. The first-order valence-corrected chi connectivity index (χ1v) is 8.43. The largest absolute Gasteiger partial charge is 0.379 e. The number of H-pyrrole nitrogens is 1. The highest BCUT2D eigenvalue weighted by Crippen LogP contribution is 2.19. The Morgan fingerprint density at radius 1 is 1.46 bits per heavy atom. The summed E-state index contributed by atoms with van der Waals surface area (Å²) in [5.74, 6) is 0.876. The maximum absolute atomic E-state index is 12.2. The molecule has 0 radical (unpaired) electrons. The maximum atomic E-state index is 12.2. The van der Waals surface area contributed by atoms with Crippen molar-refractivity contribution in [3.05, 3.63) is 29.1 Å². The smallest absolute Gasteiger partial charge is 0.220 e. The van der Waals surface area contributed by atoms with E-state index in [1.54, 1.807) is 7.11 Å². The number of carbonyl (C=O) groups excluding carboxylic acids is 1. The van der Waals surface area contributed by atoms with E-state index in [1.165, 1.54) is 11.1 Å². The zero-order valence-electron chi connectivity index (χ0n) is 14.5. The molecular formula is C18H25N3O3. The molecule has 2 aromatic rings. The van der Waals surface area contributed by atoms with E-state index in [1.807, 2.05) is 6.07 Å². The average molecular weight is 331 g/mol. The summed E-state index contributed by atoms with van der Waals surface area (Å²) in [5.41, 5.74) is 4.43. The van der Waals surface area contributed by atoms with Crippen molar-refractivity contribution in [3.8, 4) is 0 Å². The third-order valence-electron chi connectivity index (χ3n) is 4.77. The van der Waals surface area contributed by atoms with Crippen LogP contribution in [0.15, 0.2) is 12.1 Å². The number of carbonyl (C=O) groups is 1. The van der Waals surface area contributed by atoms with Crippen molar-refractivity contribution in [2.24, 2.45) is 0 Å². The average Bonchev–Trinajstić information content (AvgIpc) is 3.01. The van der Waals surface area contributed by atoms with Crippen LogP contribution in [0.25, 0.3) is 11.0 Å². The number of benzene rings is 1. The third-order valence-corrected chi connectivity index (χ3v) is 4.77. The van der Waals surface area contributed by atoms with Crippen LogP contribution in [0.5, 0.6) is 0 Å². The molecule has 1 aromatic heterocycles. The fourth-order valence-corrected chi connectivity index (χ4v) is 3.10. The van der Waals surface area contributed by atoms with Crippen molar-refractivity contribution in [1.82, 2.24) is 15.3 Å². The van der Waals surface area contributed by atoms with Crippen LogP contribution in [0.1, 0.15) is 29.8 Å². The molecule has 0 unspecified atom stereocenters. The van der Waals surface area contributed by atoms with Gasteiger partial charge in [-0.1, -0.05) is 6.07 Å². The number of aryl methyl sites for hydroxylation is 3. The molecule has 1 fully saturated rings. The number of methoxy groups -OCH3 is 1. The summed E-state index contributed by atoms with van der Waals surface area (Å²) in [6, 6.07) is 4.15. The molecule has 3 rings (SSSR count). The number of nitrogens with zero attached hydrogens (tertiary/aromatic N) is 1. The van der Waals surface area contributed by atoms with E-state index in [0.717, 1.165) is 23.3 Å². The Hall–Kier alpha value is -1.92. The van der Waals surface area contributed by atoms with Crippen LogP contribution in [0, 0.1) is 13.8 Å². The Bertz CT molecular complexity index is 726. The van der Waals surface area contributed by atoms with E-state index in [0.29, 0.717) is 26.1 Å². The third kappa shape index (κ3) is 3.60. The van der Waals surface area contributed by atoms with Gasteiger partial charge in [0.1, 0.15) is 11.9 Å². The van der Waals surface area contributed by atoms with Gasteiger partial charge in [-0.2, -0.15) is 0 Å². The minimum Gasteiger partial charge on any atom is -0.379 e. The first-order valence-electron chi connectivity index (χ1n) is 8.43. The molecule has 2 atom stereocenters. The molecule has 130 valence electrons. The van der Waals surface area contributed by atoms with Gasteiger partial charge in [-0.05, 0) is 37.5 Å². The second-order valence-electron chi connectivity index (χ2n) is 6.40. The van der Waals surface area contributed by atoms with E-state index in [9.17, 15) is 4.79 Å². The monoisotopic (exact) mass is 331 g/mol. The van der Waals surface area contributed by atoms with Crippen LogP contribution in [0.4, 0.5) is 0 Å². The molecule has 24 heavy (non-hydrogen) atoms. The highest BCUT2D eigenvalue weighted by Gasteiger charge is 2.26. The predicted octanol–water partition coefficient (Wildman–Crippen LogP) is 2.03. The minimum atomic E-state index is -0.0699. The van der Waals surface area contributed by atoms with Crippen molar-refractivity contribution in [1.29, 1.82) is 0 Å². The van der Waals surface area contributed by atoms with Gasteiger partial charge in [0, 0.05) is 26.6 Å². The van der Waals surface area contributed by atoms with Crippen molar-refractivity contribution in [2.45, 2.75) is 45.3 Å². The minimum absolute atomic E-state index is 0.0248. The van der Waals surface area contributed by atoms with Crippen LogP contribution < -0.4 is 5.32 Å². The molecule has 1 saturated heterocycles.